The number of hydrogen-bond acceptors (Lipinski definition) is 4. The molecule has 0 radical (unpaired) electrons. The van der Waals surface area contributed by atoms with E-state index in [0.717, 1.165) is 24.5 Å². The monoisotopic (exact) mass is 578 g/mol. The Hall–Kier alpha value is -4.86. The molecule has 1 aliphatic carbocycles. The lowest BCUT2D eigenvalue weighted by Gasteiger charge is -2.29. The highest BCUT2D eigenvalue weighted by molar-refractivity contribution is 6.05. The maximum atomic E-state index is 13.5. The van der Waals surface area contributed by atoms with Gasteiger partial charge in [-0.1, -0.05) is 48.5 Å². The van der Waals surface area contributed by atoms with E-state index >= 15 is 0 Å². The van der Waals surface area contributed by atoms with Crippen LogP contribution in [0.5, 0.6) is 5.75 Å². The van der Waals surface area contributed by atoms with Crippen LogP contribution >= 0.6 is 0 Å². The Morgan fingerprint density at radius 2 is 1.33 bits per heavy atom. The molecule has 0 saturated heterocycles. The van der Waals surface area contributed by atoms with Crippen LogP contribution in [0.2, 0.25) is 0 Å². The van der Waals surface area contributed by atoms with E-state index in [1.54, 1.807) is 54.6 Å². The average Bonchev–Trinajstić information content (AvgIpc) is 2.96. The summed E-state index contributed by atoms with van der Waals surface area (Å²) < 4.78 is 81.0. The van der Waals surface area contributed by atoms with Gasteiger partial charge in [-0.3, -0.25) is 9.97 Å². The quantitative estimate of drug-likeness (QED) is 0.210. The first-order valence-corrected chi connectivity index (χ1v) is 12.8. The minimum Gasteiger partial charge on any atom is -0.511 e. The lowest BCUT2D eigenvalue weighted by molar-refractivity contribution is -0.142. The van der Waals surface area contributed by atoms with Gasteiger partial charge < -0.3 is 10.2 Å². The van der Waals surface area contributed by atoms with Gasteiger partial charge in [0.1, 0.15) is 22.9 Å². The highest BCUT2D eigenvalue weighted by Gasteiger charge is 2.36. The molecule has 42 heavy (non-hydrogen) atoms. The zero-order chi connectivity index (χ0) is 29.8. The number of aliphatic hydroxyl groups excluding tert-OH is 1. The van der Waals surface area contributed by atoms with Gasteiger partial charge in [0.05, 0.1) is 0 Å². The maximum absolute atomic E-state index is 13.5. The molecule has 6 rings (SSSR count). The van der Waals surface area contributed by atoms with E-state index in [0.29, 0.717) is 21.9 Å². The summed E-state index contributed by atoms with van der Waals surface area (Å²) in [5.41, 5.74) is -0.394. The van der Waals surface area contributed by atoms with Gasteiger partial charge in [0.25, 0.3) is 0 Å². The van der Waals surface area contributed by atoms with Gasteiger partial charge in [-0.05, 0) is 69.8 Å². The van der Waals surface area contributed by atoms with Gasteiger partial charge in [-0.2, -0.15) is 26.3 Å². The first-order chi connectivity index (χ1) is 19.9. The van der Waals surface area contributed by atoms with Crippen molar-refractivity contribution < 1.29 is 36.6 Å². The summed E-state index contributed by atoms with van der Waals surface area (Å²) in [7, 11) is 0. The van der Waals surface area contributed by atoms with Crippen LogP contribution < -0.4 is 0 Å². The summed E-state index contributed by atoms with van der Waals surface area (Å²) >= 11 is 0. The zero-order valence-electron chi connectivity index (χ0n) is 21.5. The van der Waals surface area contributed by atoms with E-state index < -0.39 is 35.4 Å². The number of fused-ring (bicyclic) bond motifs is 2. The maximum Gasteiger partial charge on any atom is 0.433 e. The number of aliphatic hydroxyl groups is 1. The molecular weight excluding hydrogens is 558 g/mol. The third-order valence-electron chi connectivity index (χ3n) is 7.41. The van der Waals surface area contributed by atoms with Gasteiger partial charge in [-0.15, -0.1) is 0 Å². The standard InChI is InChI=1S/C32H20F6N2O2/c33-31(34,35)25-15-19(9-11-39-25)23-13-17-5-1-3-7-21(17)27(29(23)41)28-22-8-4-2-6-18(22)14-24(30(28)42)20-10-12-40-26(16-20)32(36,37)38/h1-13,15-16,24,41-42H,14H2/t24-/m0/s1. The van der Waals surface area contributed by atoms with Crippen molar-refractivity contribution in [1.29, 1.82) is 0 Å². The number of aromatic nitrogens is 2. The third kappa shape index (κ3) is 4.72. The summed E-state index contributed by atoms with van der Waals surface area (Å²) in [4.78, 5) is 6.84. The molecule has 2 N–H and O–H groups in total. The Labute approximate surface area is 235 Å². The smallest absolute Gasteiger partial charge is 0.433 e. The summed E-state index contributed by atoms with van der Waals surface area (Å²) in [6.45, 7) is 0. The van der Waals surface area contributed by atoms with E-state index in [4.69, 9.17) is 0 Å². The second-order valence-electron chi connectivity index (χ2n) is 9.94. The van der Waals surface area contributed by atoms with Crippen molar-refractivity contribution in [2.24, 2.45) is 0 Å². The molecule has 0 aliphatic heterocycles. The number of alkyl halides is 6. The molecule has 2 aromatic heterocycles. The number of aromatic hydroxyl groups is 1. The number of nitrogens with zero attached hydrogens (tertiary/aromatic N) is 2. The molecule has 0 saturated carbocycles. The summed E-state index contributed by atoms with van der Waals surface area (Å²) in [6, 6.07) is 19.8. The molecule has 2 heterocycles. The van der Waals surface area contributed by atoms with Crippen LogP contribution in [0.15, 0.2) is 97.0 Å². The van der Waals surface area contributed by atoms with Crippen LogP contribution in [0.3, 0.4) is 0 Å². The minimum atomic E-state index is -4.72. The average molecular weight is 579 g/mol. The summed E-state index contributed by atoms with van der Waals surface area (Å²) in [6.07, 6.45) is -7.23. The third-order valence-corrected chi connectivity index (χ3v) is 7.41. The second-order valence-corrected chi connectivity index (χ2v) is 9.94. The molecule has 5 aromatic rings. The van der Waals surface area contributed by atoms with Crippen LogP contribution in [-0.2, 0) is 18.8 Å². The number of phenolic OH excluding ortho intramolecular Hbond substituents is 1. The Morgan fingerprint density at radius 3 is 2.07 bits per heavy atom. The SMILES string of the molecule is OC1=C(c2c(O)c(-c3ccnc(C(F)(F)F)c3)cc3ccccc23)c2ccccc2C[C@H]1c1ccnc(C(F)(F)F)c1. The van der Waals surface area contributed by atoms with Crippen LogP contribution in [-0.4, -0.2) is 20.2 Å². The molecule has 1 atom stereocenters. The topological polar surface area (TPSA) is 66.2 Å². The van der Waals surface area contributed by atoms with E-state index in [1.165, 1.54) is 12.1 Å². The van der Waals surface area contributed by atoms with E-state index in [-0.39, 0.29) is 40.0 Å². The molecule has 1 aliphatic rings. The molecular formula is C32H20F6N2O2. The fraction of sp³-hybridized carbons (Fsp3) is 0.125. The number of hydrogen-bond donors (Lipinski definition) is 2. The van der Waals surface area contributed by atoms with Crippen LogP contribution in [0, 0.1) is 0 Å². The number of rotatable bonds is 3. The van der Waals surface area contributed by atoms with E-state index in [2.05, 4.69) is 9.97 Å². The number of pyridine rings is 2. The predicted octanol–water partition coefficient (Wildman–Crippen LogP) is 8.70. The highest BCUT2D eigenvalue weighted by atomic mass is 19.4. The molecule has 0 unspecified atom stereocenters. The van der Waals surface area contributed by atoms with Crippen molar-refractivity contribution in [2.75, 3.05) is 0 Å². The Bertz CT molecular complexity index is 1880. The van der Waals surface area contributed by atoms with E-state index in [1.807, 2.05) is 0 Å². The van der Waals surface area contributed by atoms with Gasteiger partial charge in [0, 0.05) is 35.0 Å². The molecule has 0 spiro atoms. The summed E-state index contributed by atoms with van der Waals surface area (Å²) in [5, 5.41) is 24.6. The predicted molar refractivity (Wildman–Crippen MR) is 145 cm³/mol. The molecule has 0 fully saturated rings. The number of phenols is 1. The van der Waals surface area contributed by atoms with Crippen LogP contribution in [0.25, 0.3) is 27.5 Å². The van der Waals surface area contributed by atoms with Crippen LogP contribution in [0.4, 0.5) is 26.3 Å². The van der Waals surface area contributed by atoms with Crippen molar-refractivity contribution in [3.63, 3.8) is 0 Å². The lowest BCUT2D eigenvalue weighted by atomic mass is 9.76. The fourth-order valence-electron chi connectivity index (χ4n) is 5.49. The zero-order valence-corrected chi connectivity index (χ0v) is 21.5. The Kier molecular flexibility index (Phi) is 6.44. The van der Waals surface area contributed by atoms with E-state index in [9.17, 15) is 36.6 Å². The summed E-state index contributed by atoms with van der Waals surface area (Å²) in [5.74, 6) is -1.59. The highest BCUT2D eigenvalue weighted by Crippen LogP contribution is 2.49. The first-order valence-electron chi connectivity index (χ1n) is 12.8. The molecule has 10 heteroatoms. The molecule has 3 aromatic carbocycles. The van der Waals surface area contributed by atoms with Gasteiger partial charge in [0.15, 0.2) is 0 Å². The Morgan fingerprint density at radius 1 is 0.690 bits per heavy atom. The minimum absolute atomic E-state index is 0.0477. The number of halogens is 6. The van der Waals surface area contributed by atoms with Crippen molar-refractivity contribution in [2.45, 2.75) is 24.7 Å². The van der Waals surface area contributed by atoms with Crippen molar-refractivity contribution in [3.8, 4) is 16.9 Å². The Balaban J connectivity index is 1.65. The lowest BCUT2D eigenvalue weighted by Crippen LogP contribution is -2.17. The molecule has 212 valence electrons. The largest absolute Gasteiger partial charge is 0.511 e. The van der Waals surface area contributed by atoms with Gasteiger partial charge in [-0.25, -0.2) is 0 Å². The van der Waals surface area contributed by atoms with Gasteiger partial charge in [0.2, 0.25) is 0 Å². The van der Waals surface area contributed by atoms with Crippen molar-refractivity contribution >= 4 is 16.3 Å². The molecule has 0 amide bonds. The number of allylic oxidation sites excluding steroid dienone is 1. The van der Waals surface area contributed by atoms with Crippen molar-refractivity contribution in [1.82, 2.24) is 9.97 Å². The van der Waals surface area contributed by atoms with Crippen LogP contribution in [0.1, 0.15) is 39.6 Å². The van der Waals surface area contributed by atoms with Crippen molar-refractivity contribution in [3.05, 3.63) is 131 Å². The second kappa shape index (κ2) is 9.90. The fourth-order valence-corrected chi connectivity index (χ4v) is 5.49. The molecule has 0 bridgehead atoms. The normalized spacial score (nSPS) is 15.6. The number of benzene rings is 3. The molecule has 4 nitrogen and oxygen atoms in total. The first kappa shape index (κ1) is 27.3. The van der Waals surface area contributed by atoms with Gasteiger partial charge >= 0.3 is 12.4 Å².